The molecular formula is C10H19NO3. The first kappa shape index (κ1) is 12.9. The van der Waals surface area contributed by atoms with Gasteiger partial charge >= 0.3 is 5.97 Å². The second-order valence-electron chi connectivity index (χ2n) is 3.13. The number of carbonyl (C=O) groups is 2. The van der Waals surface area contributed by atoms with Gasteiger partial charge in [-0.1, -0.05) is 13.8 Å². The Hall–Kier alpha value is -1.06. The number of amides is 1. The van der Waals surface area contributed by atoms with Gasteiger partial charge in [-0.25, -0.2) is 0 Å². The fourth-order valence-electron chi connectivity index (χ4n) is 1.19. The molecule has 0 fully saturated rings. The first-order chi connectivity index (χ1) is 6.65. The van der Waals surface area contributed by atoms with E-state index in [0.717, 1.165) is 12.8 Å². The van der Waals surface area contributed by atoms with E-state index in [1.54, 1.807) is 0 Å². The van der Waals surface area contributed by atoms with Crippen molar-refractivity contribution in [3.63, 3.8) is 0 Å². The maximum atomic E-state index is 11.4. The summed E-state index contributed by atoms with van der Waals surface area (Å²) in [5, 5.41) is 2.71. The molecule has 14 heavy (non-hydrogen) atoms. The van der Waals surface area contributed by atoms with Gasteiger partial charge in [0.15, 0.2) is 0 Å². The zero-order chi connectivity index (χ0) is 11.0. The predicted octanol–water partition coefficient (Wildman–Crippen LogP) is 1.10. The van der Waals surface area contributed by atoms with E-state index in [4.69, 9.17) is 0 Å². The van der Waals surface area contributed by atoms with Crippen molar-refractivity contribution in [2.24, 2.45) is 5.92 Å². The van der Waals surface area contributed by atoms with Crippen molar-refractivity contribution in [3.8, 4) is 0 Å². The molecule has 0 atom stereocenters. The van der Waals surface area contributed by atoms with Crippen molar-refractivity contribution in [1.82, 2.24) is 5.32 Å². The molecular weight excluding hydrogens is 182 g/mol. The number of esters is 1. The quantitative estimate of drug-likeness (QED) is 0.655. The molecule has 0 radical (unpaired) electrons. The Kier molecular flexibility index (Phi) is 6.80. The zero-order valence-electron chi connectivity index (χ0n) is 9.13. The average molecular weight is 201 g/mol. The van der Waals surface area contributed by atoms with E-state index >= 15 is 0 Å². The van der Waals surface area contributed by atoms with Crippen LogP contribution in [0.1, 0.15) is 33.1 Å². The highest BCUT2D eigenvalue weighted by Gasteiger charge is 2.13. The Labute approximate surface area is 85.0 Å². The Balaban J connectivity index is 3.67. The van der Waals surface area contributed by atoms with Crippen LogP contribution in [-0.2, 0) is 14.3 Å². The second kappa shape index (κ2) is 7.35. The van der Waals surface area contributed by atoms with Crippen LogP contribution in [0, 0.1) is 5.92 Å². The minimum atomic E-state index is -0.296. The van der Waals surface area contributed by atoms with E-state index in [2.05, 4.69) is 10.1 Å². The van der Waals surface area contributed by atoms with Gasteiger partial charge in [-0.15, -0.1) is 0 Å². The first-order valence-electron chi connectivity index (χ1n) is 5.00. The van der Waals surface area contributed by atoms with Gasteiger partial charge in [-0.05, 0) is 12.8 Å². The van der Waals surface area contributed by atoms with E-state index in [1.807, 2.05) is 13.8 Å². The molecule has 0 aromatic heterocycles. The molecule has 0 bridgehead atoms. The van der Waals surface area contributed by atoms with Crippen LogP contribution < -0.4 is 5.32 Å². The maximum absolute atomic E-state index is 11.4. The van der Waals surface area contributed by atoms with E-state index in [-0.39, 0.29) is 24.2 Å². The van der Waals surface area contributed by atoms with Crippen LogP contribution in [0.2, 0.25) is 0 Å². The lowest BCUT2D eigenvalue weighted by Crippen LogP contribution is -2.31. The molecule has 0 aliphatic rings. The van der Waals surface area contributed by atoms with Gasteiger partial charge in [0.2, 0.25) is 5.91 Å². The van der Waals surface area contributed by atoms with Crippen LogP contribution in [0.3, 0.4) is 0 Å². The fraction of sp³-hybridized carbons (Fsp3) is 0.800. The van der Waals surface area contributed by atoms with Gasteiger partial charge < -0.3 is 10.1 Å². The minimum Gasteiger partial charge on any atom is -0.469 e. The Morgan fingerprint density at radius 3 is 2.29 bits per heavy atom. The molecule has 82 valence electrons. The average Bonchev–Trinajstić information content (AvgIpc) is 2.19. The third-order valence-corrected chi connectivity index (χ3v) is 2.21. The highest BCUT2D eigenvalue weighted by molar-refractivity contribution is 5.79. The van der Waals surface area contributed by atoms with E-state index < -0.39 is 0 Å². The molecule has 0 heterocycles. The van der Waals surface area contributed by atoms with Gasteiger partial charge in [0, 0.05) is 12.5 Å². The van der Waals surface area contributed by atoms with Gasteiger partial charge in [-0.2, -0.15) is 0 Å². The van der Waals surface area contributed by atoms with Crippen molar-refractivity contribution < 1.29 is 14.3 Å². The summed E-state index contributed by atoms with van der Waals surface area (Å²) in [5.74, 6) is -0.207. The summed E-state index contributed by atoms with van der Waals surface area (Å²) in [5.41, 5.74) is 0. The third-order valence-electron chi connectivity index (χ3n) is 2.21. The molecule has 4 heteroatoms. The van der Waals surface area contributed by atoms with Crippen molar-refractivity contribution in [2.45, 2.75) is 33.1 Å². The normalized spacial score (nSPS) is 10.0. The summed E-state index contributed by atoms with van der Waals surface area (Å²) < 4.78 is 4.45. The standard InChI is InChI=1S/C10H19NO3/c1-4-8(5-2)10(13)11-7-6-9(12)14-3/h8H,4-7H2,1-3H3,(H,11,13). The molecule has 0 saturated carbocycles. The lowest BCUT2D eigenvalue weighted by molar-refractivity contribution is -0.140. The Bertz CT molecular complexity index is 188. The van der Waals surface area contributed by atoms with Crippen molar-refractivity contribution in [1.29, 1.82) is 0 Å². The molecule has 0 spiro atoms. The monoisotopic (exact) mass is 201 g/mol. The lowest BCUT2D eigenvalue weighted by Gasteiger charge is -2.11. The second-order valence-corrected chi connectivity index (χ2v) is 3.13. The molecule has 4 nitrogen and oxygen atoms in total. The highest BCUT2D eigenvalue weighted by atomic mass is 16.5. The van der Waals surface area contributed by atoms with E-state index in [9.17, 15) is 9.59 Å². The maximum Gasteiger partial charge on any atom is 0.307 e. The van der Waals surface area contributed by atoms with Gasteiger partial charge in [0.1, 0.15) is 0 Å². The highest BCUT2D eigenvalue weighted by Crippen LogP contribution is 2.06. The summed E-state index contributed by atoms with van der Waals surface area (Å²) in [6, 6.07) is 0. The Morgan fingerprint density at radius 2 is 1.86 bits per heavy atom. The fourth-order valence-corrected chi connectivity index (χ4v) is 1.19. The van der Waals surface area contributed by atoms with Crippen LogP contribution in [0.15, 0.2) is 0 Å². The van der Waals surface area contributed by atoms with Crippen LogP contribution in [-0.4, -0.2) is 25.5 Å². The summed E-state index contributed by atoms with van der Waals surface area (Å²) in [6.07, 6.45) is 1.91. The zero-order valence-corrected chi connectivity index (χ0v) is 9.13. The van der Waals surface area contributed by atoms with Gasteiger partial charge in [-0.3, -0.25) is 9.59 Å². The molecule has 0 aliphatic carbocycles. The molecule has 0 saturated heterocycles. The molecule has 0 aromatic rings. The first-order valence-corrected chi connectivity index (χ1v) is 5.00. The largest absolute Gasteiger partial charge is 0.469 e. The third kappa shape index (κ3) is 4.84. The number of hydrogen-bond acceptors (Lipinski definition) is 3. The van der Waals surface area contributed by atoms with Gasteiger partial charge in [0.05, 0.1) is 13.5 Å². The predicted molar refractivity (Wildman–Crippen MR) is 53.7 cm³/mol. The lowest BCUT2D eigenvalue weighted by atomic mass is 10.0. The Morgan fingerprint density at radius 1 is 1.29 bits per heavy atom. The van der Waals surface area contributed by atoms with E-state index in [0.29, 0.717) is 6.54 Å². The van der Waals surface area contributed by atoms with Gasteiger partial charge in [0.25, 0.3) is 0 Å². The van der Waals surface area contributed by atoms with Crippen molar-refractivity contribution >= 4 is 11.9 Å². The number of hydrogen-bond donors (Lipinski definition) is 1. The smallest absolute Gasteiger partial charge is 0.307 e. The number of ether oxygens (including phenoxy) is 1. The number of nitrogens with one attached hydrogen (secondary N) is 1. The molecule has 0 aliphatic heterocycles. The van der Waals surface area contributed by atoms with Crippen LogP contribution in [0.5, 0.6) is 0 Å². The van der Waals surface area contributed by atoms with Crippen LogP contribution in [0.25, 0.3) is 0 Å². The van der Waals surface area contributed by atoms with Crippen LogP contribution in [0.4, 0.5) is 0 Å². The summed E-state index contributed by atoms with van der Waals surface area (Å²) in [6.45, 7) is 4.32. The van der Waals surface area contributed by atoms with Crippen molar-refractivity contribution in [2.75, 3.05) is 13.7 Å². The molecule has 0 unspecified atom stereocenters. The SMILES string of the molecule is CCC(CC)C(=O)NCCC(=O)OC. The molecule has 0 rings (SSSR count). The van der Waals surface area contributed by atoms with Crippen LogP contribution >= 0.6 is 0 Å². The number of rotatable bonds is 6. The number of carbonyl (C=O) groups excluding carboxylic acids is 2. The summed E-state index contributed by atoms with van der Waals surface area (Å²) >= 11 is 0. The minimum absolute atomic E-state index is 0.0268. The number of methoxy groups -OCH3 is 1. The molecule has 1 amide bonds. The topological polar surface area (TPSA) is 55.4 Å². The van der Waals surface area contributed by atoms with Crippen molar-refractivity contribution in [3.05, 3.63) is 0 Å². The summed E-state index contributed by atoms with van der Waals surface area (Å²) in [4.78, 5) is 22.1. The van der Waals surface area contributed by atoms with E-state index in [1.165, 1.54) is 7.11 Å². The summed E-state index contributed by atoms with van der Waals surface area (Å²) in [7, 11) is 1.34. The molecule has 0 aromatic carbocycles. The molecule has 1 N–H and O–H groups in total.